The Hall–Kier alpha value is -7.70. The van der Waals surface area contributed by atoms with Crippen LogP contribution in [-0.4, -0.2) is 19.9 Å². The van der Waals surface area contributed by atoms with Gasteiger partial charge in [0.2, 0.25) is 0 Å². The molecular formula is C50H30N4O2. The van der Waals surface area contributed by atoms with Crippen LogP contribution in [0.2, 0.25) is 0 Å². The summed E-state index contributed by atoms with van der Waals surface area (Å²) in [4.78, 5) is 19.8. The third kappa shape index (κ3) is 5.43. The van der Waals surface area contributed by atoms with E-state index in [0.717, 1.165) is 93.9 Å². The number of pyridine rings is 1. The molecule has 0 radical (unpaired) electrons. The summed E-state index contributed by atoms with van der Waals surface area (Å²) >= 11 is 0. The predicted octanol–water partition coefficient (Wildman–Crippen LogP) is 13.1. The van der Waals surface area contributed by atoms with E-state index in [-0.39, 0.29) is 0 Å². The van der Waals surface area contributed by atoms with E-state index in [4.69, 9.17) is 23.8 Å². The van der Waals surface area contributed by atoms with Gasteiger partial charge in [0.15, 0.2) is 17.5 Å². The number of hydrogen-bond donors (Lipinski definition) is 0. The van der Waals surface area contributed by atoms with E-state index < -0.39 is 0 Å². The Morgan fingerprint density at radius 1 is 0.321 bits per heavy atom. The maximum Gasteiger partial charge on any atom is 0.164 e. The molecule has 0 bridgehead atoms. The second-order valence-electron chi connectivity index (χ2n) is 13.8. The summed E-state index contributed by atoms with van der Waals surface area (Å²) in [6, 6.07) is 57.9. The lowest BCUT2D eigenvalue weighted by Gasteiger charge is -2.14. The molecule has 56 heavy (non-hydrogen) atoms. The van der Waals surface area contributed by atoms with Crippen LogP contribution in [0.1, 0.15) is 0 Å². The summed E-state index contributed by atoms with van der Waals surface area (Å²) in [7, 11) is 0. The fourth-order valence-electron chi connectivity index (χ4n) is 7.82. The van der Waals surface area contributed by atoms with Crippen molar-refractivity contribution in [3.63, 3.8) is 0 Å². The van der Waals surface area contributed by atoms with Gasteiger partial charge in [0.05, 0.1) is 0 Å². The minimum absolute atomic E-state index is 0.567. The normalized spacial score (nSPS) is 11.6. The number of furan rings is 2. The number of benzene rings is 7. The van der Waals surface area contributed by atoms with E-state index in [1.165, 1.54) is 0 Å². The van der Waals surface area contributed by atoms with Gasteiger partial charge in [0.25, 0.3) is 0 Å². The van der Waals surface area contributed by atoms with Crippen molar-refractivity contribution in [2.45, 2.75) is 0 Å². The Bertz CT molecular complexity index is 3130. The number of nitrogens with zero attached hydrogens (tertiary/aromatic N) is 4. The highest BCUT2D eigenvalue weighted by molar-refractivity contribution is 6.14. The third-order valence-corrected chi connectivity index (χ3v) is 10.4. The first-order chi connectivity index (χ1) is 27.7. The summed E-state index contributed by atoms with van der Waals surface area (Å²) in [5.74, 6) is 1.74. The van der Waals surface area contributed by atoms with Crippen molar-refractivity contribution in [3.05, 3.63) is 182 Å². The van der Waals surface area contributed by atoms with Crippen molar-refractivity contribution in [3.8, 4) is 67.5 Å². The fourth-order valence-corrected chi connectivity index (χ4v) is 7.82. The van der Waals surface area contributed by atoms with Crippen LogP contribution in [0.3, 0.4) is 0 Å². The minimum atomic E-state index is 0.567. The number of hydrogen-bond acceptors (Lipinski definition) is 6. The molecule has 4 heterocycles. The molecule has 0 atom stereocenters. The van der Waals surface area contributed by atoms with E-state index >= 15 is 0 Å². The molecule has 11 aromatic rings. The lowest BCUT2D eigenvalue weighted by molar-refractivity contribution is 0.668. The second kappa shape index (κ2) is 13.0. The molecule has 0 spiro atoms. The van der Waals surface area contributed by atoms with Gasteiger partial charge >= 0.3 is 0 Å². The van der Waals surface area contributed by atoms with Gasteiger partial charge in [-0.05, 0) is 82.4 Å². The summed E-state index contributed by atoms with van der Waals surface area (Å²) < 4.78 is 12.7. The molecule has 0 aliphatic carbocycles. The van der Waals surface area contributed by atoms with Crippen molar-refractivity contribution < 1.29 is 8.83 Å². The highest BCUT2D eigenvalue weighted by Crippen LogP contribution is 2.42. The zero-order valence-electron chi connectivity index (χ0n) is 29.9. The van der Waals surface area contributed by atoms with Gasteiger partial charge in [-0.3, -0.25) is 4.98 Å². The summed E-state index contributed by atoms with van der Waals surface area (Å²) in [6.07, 6.45) is 3.65. The largest absolute Gasteiger partial charge is 0.456 e. The molecule has 6 nitrogen and oxygen atoms in total. The number of rotatable bonds is 6. The molecule has 0 amide bonds. The minimum Gasteiger partial charge on any atom is -0.456 e. The van der Waals surface area contributed by atoms with E-state index in [1.54, 1.807) is 6.20 Å². The number of fused-ring (bicyclic) bond motifs is 6. The number of aromatic nitrogens is 4. The van der Waals surface area contributed by atoms with Crippen molar-refractivity contribution >= 4 is 43.9 Å². The van der Waals surface area contributed by atoms with Gasteiger partial charge in [0, 0.05) is 56.2 Å². The van der Waals surface area contributed by atoms with Crippen molar-refractivity contribution in [2.75, 3.05) is 0 Å². The standard InChI is InChI=1S/C50H30N4O2/c1-2-12-31(13-3-1)48-52-49(33-15-8-14-32(26-33)34-16-11-25-51-30-34)54-50(53-48)37-28-35(38-19-9-23-44-46(38)40-17-4-6-21-42(40)55-44)27-36(29-37)39-20-10-24-45-47(39)41-18-5-7-22-43(41)56-45/h1-30H. The zero-order valence-corrected chi connectivity index (χ0v) is 29.9. The molecule has 0 aliphatic rings. The van der Waals surface area contributed by atoms with Crippen LogP contribution in [-0.2, 0) is 0 Å². The van der Waals surface area contributed by atoms with Gasteiger partial charge in [0.1, 0.15) is 22.3 Å². The Balaban J connectivity index is 1.18. The van der Waals surface area contributed by atoms with Crippen LogP contribution < -0.4 is 0 Å². The highest BCUT2D eigenvalue weighted by atomic mass is 16.3. The van der Waals surface area contributed by atoms with Gasteiger partial charge < -0.3 is 8.83 Å². The van der Waals surface area contributed by atoms with Crippen molar-refractivity contribution in [1.29, 1.82) is 0 Å². The molecule has 7 aromatic carbocycles. The first-order valence-electron chi connectivity index (χ1n) is 18.5. The van der Waals surface area contributed by atoms with Crippen molar-refractivity contribution in [1.82, 2.24) is 19.9 Å². The van der Waals surface area contributed by atoms with Crippen LogP contribution in [0.5, 0.6) is 0 Å². The maximum atomic E-state index is 6.36. The summed E-state index contributed by atoms with van der Waals surface area (Å²) in [5, 5.41) is 4.25. The second-order valence-corrected chi connectivity index (χ2v) is 13.8. The van der Waals surface area contributed by atoms with Gasteiger partial charge in [-0.1, -0.05) is 115 Å². The molecule has 0 N–H and O–H groups in total. The Morgan fingerprint density at radius 2 is 0.786 bits per heavy atom. The Labute approximate surface area is 321 Å². The van der Waals surface area contributed by atoms with E-state index in [1.807, 2.05) is 91.1 Å². The monoisotopic (exact) mass is 718 g/mol. The lowest BCUT2D eigenvalue weighted by atomic mass is 9.92. The first kappa shape index (κ1) is 31.8. The molecule has 4 aromatic heterocycles. The molecule has 0 aliphatic heterocycles. The van der Waals surface area contributed by atoms with Crippen LogP contribution >= 0.6 is 0 Å². The van der Waals surface area contributed by atoms with E-state index in [2.05, 4.69) is 89.9 Å². The molecule has 0 fully saturated rings. The smallest absolute Gasteiger partial charge is 0.164 e. The first-order valence-corrected chi connectivity index (χ1v) is 18.5. The Kier molecular flexibility index (Phi) is 7.38. The lowest BCUT2D eigenvalue weighted by Crippen LogP contribution is -2.01. The molecule has 262 valence electrons. The third-order valence-electron chi connectivity index (χ3n) is 10.4. The van der Waals surface area contributed by atoms with E-state index in [9.17, 15) is 0 Å². The van der Waals surface area contributed by atoms with Gasteiger partial charge in [-0.25, -0.2) is 15.0 Å². The van der Waals surface area contributed by atoms with E-state index in [0.29, 0.717) is 17.5 Å². The molecule has 0 saturated carbocycles. The average molecular weight is 719 g/mol. The topological polar surface area (TPSA) is 77.8 Å². The summed E-state index contributed by atoms with van der Waals surface area (Å²) in [5.41, 5.74) is 12.2. The SMILES string of the molecule is c1ccc(-c2nc(-c3cccc(-c4cccnc4)c3)nc(-c3cc(-c4cccc5oc6ccccc6c45)cc(-c4cccc5oc6ccccc6c45)c3)n2)cc1. The molecule has 11 rings (SSSR count). The molecule has 0 saturated heterocycles. The highest BCUT2D eigenvalue weighted by Gasteiger charge is 2.20. The maximum absolute atomic E-state index is 6.36. The van der Waals surface area contributed by atoms with Crippen LogP contribution in [0.15, 0.2) is 191 Å². The van der Waals surface area contributed by atoms with Crippen LogP contribution in [0, 0.1) is 0 Å². The average Bonchev–Trinajstić information content (AvgIpc) is 3.86. The van der Waals surface area contributed by atoms with Crippen LogP contribution in [0.4, 0.5) is 0 Å². The number of para-hydroxylation sites is 2. The molecule has 6 heteroatoms. The fraction of sp³-hybridized carbons (Fsp3) is 0. The molecular weight excluding hydrogens is 689 g/mol. The van der Waals surface area contributed by atoms with Gasteiger partial charge in [-0.15, -0.1) is 0 Å². The van der Waals surface area contributed by atoms with Crippen LogP contribution in [0.25, 0.3) is 111 Å². The van der Waals surface area contributed by atoms with Gasteiger partial charge in [-0.2, -0.15) is 0 Å². The van der Waals surface area contributed by atoms with Crippen molar-refractivity contribution in [2.24, 2.45) is 0 Å². The Morgan fingerprint density at radius 3 is 1.41 bits per heavy atom. The zero-order chi connectivity index (χ0) is 37.0. The quantitative estimate of drug-likeness (QED) is 0.170. The predicted molar refractivity (Wildman–Crippen MR) is 225 cm³/mol. The molecule has 0 unspecified atom stereocenters. The summed E-state index contributed by atoms with van der Waals surface area (Å²) in [6.45, 7) is 0.